The summed E-state index contributed by atoms with van der Waals surface area (Å²) in [6, 6.07) is 14.6. The molecule has 0 radical (unpaired) electrons. The van der Waals surface area contributed by atoms with Crippen molar-refractivity contribution in [3.63, 3.8) is 0 Å². The summed E-state index contributed by atoms with van der Waals surface area (Å²) in [6.45, 7) is 4.14. The average Bonchev–Trinajstić information content (AvgIpc) is 3.30. The molecule has 0 amide bonds. The number of hydrogen-bond acceptors (Lipinski definition) is 5. The molecule has 156 valence electrons. The molecule has 4 rings (SSSR count). The smallest absolute Gasteiger partial charge is 0.310 e. The molecule has 2 saturated heterocycles. The highest BCUT2D eigenvalue weighted by molar-refractivity contribution is 5.91. The van der Waals surface area contributed by atoms with Gasteiger partial charge in [-0.1, -0.05) is 18.2 Å². The molecule has 0 spiro atoms. The topological polar surface area (TPSA) is 63.9 Å². The molecule has 30 heavy (non-hydrogen) atoms. The summed E-state index contributed by atoms with van der Waals surface area (Å²) < 4.78 is 20.4. The predicted octanol–water partition coefficient (Wildman–Crippen LogP) is 4.22. The van der Waals surface area contributed by atoms with E-state index in [1.54, 1.807) is 30.5 Å². The fraction of sp³-hybridized carbons (Fsp3) is 0.391. The second-order valence-corrected chi connectivity index (χ2v) is 7.68. The van der Waals surface area contributed by atoms with Crippen molar-refractivity contribution >= 4 is 17.4 Å². The molecule has 0 bridgehead atoms. The van der Waals surface area contributed by atoms with E-state index in [0.717, 1.165) is 25.9 Å². The van der Waals surface area contributed by atoms with Crippen LogP contribution in [0.25, 0.3) is 0 Å². The summed E-state index contributed by atoms with van der Waals surface area (Å²) in [5.74, 6) is 0.243. The number of anilines is 2. The van der Waals surface area contributed by atoms with Crippen molar-refractivity contribution < 1.29 is 9.13 Å². The van der Waals surface area contributed by atoms with E-state index in [1.807, 2.05) is 18.2 Å². The summed E-state index contributed by atoms with van der Waals surface area (Å²) in [7, 11) is 0. The Hall–Kier alpha value is -3.11. The zero-order valence-electron chi connectivity index (χ0n) is 16.9. The van der Waals surface area contributed by atoms with Crippen LogP contribution in [-0.2, 0) is 0 Å². The maximum Gasteiger partial charge on any atom is 0.310 e. The lowest BCUT2D eigenvalue weighted by molar-refractivity contribution is 0.207. The Morgan fingerprint density at radius 2 is 1.80 bits per heavy atom. The molecule has 2 aliphatic rings. The molecule has 2 aliphatic heterocycles. The molecule has 2 aromatic carbocycles. The van der Waals surface area contributed by atoms with Gasteiger partial charge in [-0.15, -0.1) is 4.99 Å². The third-order valence-electron chi connectivity index (χ3n) is 5.77. The van der Waals surface area contributed by atoms with E-state index in [0.29, 0.717) is 23.2 Å². The number of aliphatic imine (C=N–C) groups is 1. The number of hydrogen-bond donors (Lipinski definition) is 1. The summed E-state index contributed by atoms with van der Waals surface area (Å²) in [5.41, 5.74) is 1.09. The van der Waals surface area contributed by atoms with Crippen LogP contribution in [0.3, 0.4) is 0 Å². The molecule has 7 heteroatoms. The van der Waals surface area contributed by atoms with Gasteiger partial charge in [-0.25, -0.2) is 4.39 Å². The Labute approximate surface area is 176 Å². The van der Waals surface area contributed by atoms with Gasteiger partial charge in [0.15, 0.2) is 0 Å². The second kappa shape index (κ2) is 9.59. The number of ether oxygens (including phenoxy) is 1. The van der Waals surface area contributed by atoms with Gasteiger partial charge >= 0.3 is 6.02 Å². The predicted molar refractivity (Wildman–Crippen MR) is 116 cm³/mol. The quantitative estimate of drug-likeness (QED) is 0.467. The molecule has 2 heterocycles. The fourth-order valence-corrected chi connectivity index (χ4v) is 4.27. The molecule has 6 nitrogen and oxygen atoms in total. The minimum Gasteiger partial charge on any atom is -0.425 e. The highest BCUT2D eigenvalue weighted by atomic mass is 19.1. The third kappa shape index (κ3) is 4.89. The van der Waals surface area contributed by atoms with Gasteiger partial charge in [0.2, 0.25) is 6.19 Å². The lowest BCUT2D eigenvalue weighted by Crippen LogP contribution is -2.44. The van der Waals surface area contributed by atoms with Crippen molar-refractivity contribution in [3.05, 3.63) is 54.3 Å². The Bertz CT molecular complexity index is 913. The fourth-order valence-electron chi connectivity index (χ4n) is 4.27. The van der Waals surface area contributed by atoms with Gasteiger partial charge in [0.25, 0.3) is 0 Å². The van der Waals surface area contributed by atoms with E-state index in [1.165, 1.54) is 32.0 Å². The summed E-state index contributed by atoms with van der Waals surface area (Å²) in [6.07, 6.45) is 6.45. The van der Waals surface area contributed by atoms with Crippen molar-refractivity contribution in [1.82, 2.24) is 4.90 Å². The highest BCUT2D eigenvalue weighted by Crippen LogP contribution is 2.28. The molecule has 0 atom stereocenters. The number of nitrogens with zero attached hydrogens (tertiary/aromatic N) is 4. The van der Waals surface area contributed by atoms with Crippen molar-refractivity contribution in [2.24, 2.45) is 4.99 Å². The van der Waals surface area contributed by atoms with Crippen molar-refractivity contribution in [2.75, 3.05) is 36.4 Å². The number of piperidine rings is 1. The van der Waals surface area contributed by atoms with Gasteiger partial charge in [0.1, 0.15) is 11.6 Å². The van der Waals surface area contributed by atoms with Crippen LogP contribution in [0.15, 0.2) is 53.5 Å². The molecule has 2 aromatic rings. The second-order valence-electron chi connectivity index (χ2n) is 7.68. The Balaban J connectivity index is 1.39. The normalized spacial score (nSPS) is 18.3. The number of para-hydroxylation sites is 1. The van der Waals surface area contributed by atoms with Crippen LogP contribution >= 0.6 is 0 Å². The van der Waals surface area contributed by atoms with Crippen molar-refractivity contribution in [3.8, 4) is 11.9 Å². The first-order valence-corrected chi connectivity index (χ1v) is 10.5. The van der Waals surface area contributed by atoms with Gasteiger partial charge < -0.3 is 19.9 Å². The third-order valence-corrected chi connectivity index (χ3v) is 5.77. The molecule has 0 aromatic heterocycles. The van der Waals surface area contributed by atoms with E-state index < -0.39 is 0 Å². The molecular formula is C23H26FN5O. The summed E-state index contributed by atoms with van der Waals surface area (Å²) in [5, 5.41) is 11.8. The largest absolute Gasteiger partial charge is 0.425 e. The molecule has 0 unspecified atom stereocenters. The van der Waals surface area contributed by atoms with E-state index in [9.17, 15) is 4.39 Å². The molecular weight excluding hydrogens is 381 g/mol. The number of benzene rings is 2. The molecule has 1 N–H and O–H groups in total. The number of likely N-dealkylation sites (tertiary alicyclic amines) is 1. The lowest BCUT2D eigenvalue weighted by atomic mass is 10.0. The molecule has 2 fully saturated rings. The van der Waals surface area contributed by atoms with Gasteiger partial charge in [-0.2, -0.15) is 5.26 Å². The summed E-state index contributed by atoms with van der Waals surface area (Å²) in [4.78, 5) is 8.36. The van der Waals surface area contributed by atoms with Gasteiger partial charge in [0.05, 0.1) is 5.69 Å². The van der Waals surface area contributed by atoms with Crippen LogP contribution in [0, 0.1) is 17.3 Å². The minimum absolute atomic E-state index is 0.00211. The standard InChI is InChI=1S/C23H26FN5O/c24-21-16-18(27-23(26-17-25)30-20-6-2-1-3-7-20)8-9-22(21)29-14-10-19(11-15-29)28-12-4-5-13-28/h1-3,6-9,16,19H,4-5,10-15H2,(H,26,27). The van der Waals surface area contributed by atoms with Gasteiger partial charge in [-0.05, 0) is 69.1 Å². The van der Waals surface area contributed by atoms with Crippen molar-refractivity contribution in [2.45, 2.75) is 31.7 Å². The average molecular weight is 407 g/mol. The van der Waals surface area contributed by atoms with Crippen LogP contribution in [-0.4, -0.2) is 43.1 Å². The lowest BCUT2D eigenvalue weighted by Gasteiger charge is -2.38. The zero-order chi connectivity index (χ0) is 20.8. The SMILES string of the molecule is N#C/N=C(/Nc1ccc(N2CCC(N3CCCC3)CC2)c(F)c1)Oc1ccccc1. The van der Waals surface area contributed by atoms with E-state index in [-0.39, 0.29) is 11.8 Å². The van der Waals surface area contributed by atoms with Crippen LogP contribution in [0.2, 0.25) is 0 Å². The molecule has 0 saturated carbocycles. The first-order valence-electron chi connectivity index (χ1n) is 10.5. The number of halogens is 1. The maximum atomic E-state index is 14.9. The zero-order valence-corrected chi connectivity index (χ0v) is 16.9. The van der Waals surface area contributed by atoms with Gasteiger partial charge in [-0.3, -0.25) is 0 Å². The van der Waals surface area contributed by atoms with Crippen LogP contribution in [0.1, 0.15) is 25.7 Å². The highest BCUT2D eigenvalue weighted by Gasteiger charge is 2.27. The number of rotatable bonds is 4. The van der Waals surface area contributed by atoms with E-state index in [4.69, 9.17) is 10.00 Å². The monoisotopic (exact) mass is 407 g/mol. The minimum atomic E-state index is -0.296. The molecule has 0 aliphatic carbocycles. The Morgan fingerprint density at radius 3 is 2.47 bits per heavy atom. The van der Waals surface area contributed by atoms with Crippen LogP contribution < -0.4 is 15.0 Å². The number of nitrogens with one attached hydrogen (secondary N) is 1. The maximum absolute atomic E-state index is 14.9. The first kappa shape index (κ1) is 20.2. The van der Waals surface area contributed by atoms with Crippen LogP contribution in [0.5, 0.6) is 5.75 Å². The van der Waals surface area contributed by atoms with Crippen molar-refractivity contribution in [1.29, 1.82) is 5.26 Å². The van der Waals surface area contributed by atoms with E-state index in [2.05, 4.69) is 20.1 Å². The van der Waals surface area contributed by atoms with Crippen LogP contribution in [0.4, 0.5) is 15.8 Å². The first-order chi connectivity index (χ1) is 14.7. The van der Waals surface area contributed by atoms with Gasteiger partial charge in [0, 0.05) is 24.8 Å². The Morgan fingerprint density at radius 1 is 1.07 bits per heavy atom. The number of nitriles is 1. The van der Waals surface area contributed by atoms with E-state index >= 15 is 0 Å². The number of amidine groups is 1. The Kier molecular flexibility index (Phi) is 6.45. The summed E-state index contributed by atoms with van der Waals surface area (Å²) >= 11 is 0.